The number of guanidine groups is 1. The highest BCUT2D eigenvalue weighted by atomic mass is 127. The first-order valence-electron chi connectivity index (χ1n) is 11.1. The van der Waals surface area contributed by atoms with Crippen molar-refractivity contribution < 1.29 is 4.79 Å². The van der Waals surface area contributed by atoms with Crippen LogP contribution in [0.15, 0.2) is 59.6 Å². The van der Waals surface area contributed by atoms with Crippen LogP contribution in [0.25, 0.3) is 0 Å². The van der Waals surface area contributed by atoms with Crippen LogP contribution in [-0.2, 0) is 12.8 Å². The highest BCUT2D eigenvalue weighted by Gasteiger charge is 2.21. The van der Waals surface area contributed by atoms with Crippen molar-refractivity contribution in [2.24, 2.45) is 10.9 Å². The number of carbonyl (C=O) groups is 1. The van der Waals surface area contributed by atoms with E-state index in [0.717, 1.165) is 43.5 Å². The van der Waals surface area contributed by atoms with Crippen molar-refractivity contribution >= 4 is 35.8 Å². The van der Waals surface area contributed by atoms with Gasteiger partial charge in [0.15, 0.2) is 5.96 Å². The lowest BCUT2D eigenvalue weighted by Gasteiger charge is -2.34. The van der Waals surface area contributed by atoms with Crippen molar-refractivity contribution in [2.45, 2.75) is 32.6 Å². The zero-order chi connectivity index (χ0) is 21.2. The van der Waals surface area contributed by atoms with Crippen molar-refractivity contribution in [3.05, 3.63) is 71.3 Å². The molecule has 0 bridgehead atoms. The van der Waals surface area contributed by atoms with Crippen LogP contribution in [0.4, 0.5) is 0 Å². The maximum Gasteiger partial charge on any atom is 0.251 e. The molecule has 0 spiro atoms. The van der Waals surface area contributed by atoms with Gasteiger partial charge in [-0.15, -0.1) is 24.0 Å². The van der Waals surface area contributed by atoms with Crippen LogP contribution in [0.5, 0.6) is 0 Å². The Kier molecular flexibility index (Phi) is 10.8. The first-order chi connectivity index (χ1) is 14.7. The summed E-state index contributed by atoms with van der Waals surface area (Å²) >= 11 is 0. The average Bonchev–Trinajstić information content (AvgIpc) is 2.79. The smallest absolute Gasteiger partial charge is 0.251 e. The lowest BCUT2D eigenvalue weighted by molar-refractivity contribution is 0.0963. The third kappa shape index (κ3) is 7.83. The number of halogens is 1. The van der Waals surface area contributed by atoms with Gasteiger partial charge in [-0.1, -0.05) is 42.5 Å². The number of amides is 1. The molecule has 2 aromatic carbocycles. The summed E-state index contributed by atoms with van der Waals surface area (Å²) in [5.74, 6) is 1.71. The molecular weight excluding hydrogens is 499 g/mol. The minimum atomic E-state index is -0.0490. The Labute approximate surface area is 203 Å². The van der Waals surface area contributed by atoms with Crippen molar-refractivity contribution in [2.75, 3.05) is 33.2 Å². The van der Waals surface area contributed by atoms with Crippen molar-refractivity contribution in [1.29, 1.82) is 0 Å². The van der Waals surface area contributed by atoms with E-state index in [1.54, 1.807) is 7.05 Å². The van der Waals surface area contributed by atoms with Crippen LogP contribution in [0.3, 0.4) is 0 Å². The maximum atomic E-state index is 11.8. The largest absolute Gasteiger partial charge is 0.357 e. The molecule has 1 heterocycles. The molecule has 168 valence electrons. The van der Waals surface area contributed by atoms with Gasteiger partial charge in [-0.05, 0) is 61.8 Å². The molecule has 1 fully saturated rings. The highest BCUT2D eigenvalue weighted by molar-refractivity contribution is 14.0. The van der Waals surface area contributed by atoms with Crippen LogP contribution in [0, 0.1) is 5.92 Å². The molecule has 6 heteroatoms. The molecule has 1 amide bonds. The molecule has 1 aliphatic heterocycles. The second-order valence-corrected chi connectivity index (χ2v) is 7.89. The zero-order valence-electron chi connectivity index (χ0n) is 18.6. The second-order valence-electron chi connectivity index (χ2n) is 7.89. The van der Waals surface area contributed by atoms with E-state index in [1.165, 1.54) is 24.8 Å². The summed E-state index contributed by atoms with van der Waals surface area (Å²) in [4.78, 5) is 19.1. The predicted molar refractivity (Wildman–Crippen MR) is 139 cm³/mol. The van der Waals surface area contributed by atoms with Crippen LogP contribution in [0.2, 0.25) is 0 Å². The number of hydrogen-bond acceptors (Lipinski definition) is 2. The molecule has 0 saturated carbocycles. The molecule has 1 aliphatic rings. The Balaban J connectivity index is 0.00000341. The SMILES string of the molecule is CCNC(=NCCc1cccc(C(=O)NC)c1)N1CCC(Cc2ccccc2)CC1.I. The quantitative estimate of drug-likeness (QED) is 0.319. The number of piperidine rings is 1. The molecule has 3 rings (SSSR count). The number of aliphatic imine (C=N–C) groups is 1. The van der Waals surface area contributed by atoms with Gasteiger partial charge in [-0.3, -0.25) is 9.79 Å². The number of carbonyl (C=O) groups excluding carboxylic acids is 1. The molecule has 0 radical (unpaired) electrons. The predicted octanol–water partition coefficient (Wildman–Crippen LogP) is 4.13. The summed E-state index contributed by atoms with van der Waals surface area (Å²) in [6.07, 6.45) is 4.40. The van der Waals surface area contributed by atoms with E-state index in [-0.39, 0.29) is 29.9 Å². The van der Waals surface area contributed by atoms with E-state index in [1.807, 2.05) is 18.2 Å². The first-order valence-corrected chi connectivity index (χ1v) is 11.1. The Morgan fingerprint density at radius 3 is 2.45 bits per heavy atom. The lowest BCUT2D eigenvalue weighted by atomic mass is 9.90. The molecule has 0 atom stereocenters. The summed E-state index contributed by atoms with van der Waals surface area (Å²) in [5.41, 5.74) is 3.28. The van der Waals surface area contributed by atoms with Gasteiger partial charge in [0.2, 0.25) is 0 Å². The summed E-state index contributed by atoms with van der Waals surface area (Å²) < 4.78 is 0. The van der Waals surface area contributed by atoms with Gasteiger partial charge < -0.3 is 15.5 Å². The fraction of sp³-hybridized carbons (Fsp3) is 0.440. The van der Waals surface area contributed by atoms with Crippen LogP contribution >= 0.6 is 24.0 Å². The Morgan fingerprint density at radius 2 is 1.77 bits per heavy atom. The summed E-state index contributed by atoms with van der Waals surface area (Å²) in [6, 6.07) is 18.6. The minimum absolute atomic E-state index is 0. The summed E-state index contributed by atoms with van der Waals surface area (Å²) in [5, 5.41) is 6.13. The number of rotatable bonds is 7. The van der Waals surface area contributed by atoms with Gasteiger partial charge >= 0.3 is 0 Å². The fourth-order valence-electron chi connectivity index (χ4n) is 4.03. The molecule has 1 saturated heterocycles. The molecule has 0 aromatic heterocycles. The van der Waals surface area contributed by atoms with Gasteiger partial charge in [-0.25, -0.2) is 0 Å². The van der Waals surface area contributed by atoms with Gasteiger partial charge in [0.25, 0.3) is 5.91 Å². The second kappa shape index (κ2) is 13.3. The molecular formula is C25H35IN4O. The molecule has 2 aromatic rings. The molecule has 5 nitrogen and oxygen atoms in total. The van der Waals surface area contributed by atoms with Crippen LogP contribution in [-0.4, -0.2) is 50.0 Å². The maximum absolute atomic E-state index is 11.8. The Hall–Kier alpha value is -2.09. The van der Waals surface area contributed by atoms with E-state index >= 15 is 0 Å². The van der Waals surface area contributed by atoms with E-state index in [4.69, 9.17) is 4.99 Å². The number of likely N-dealkylation sites (tertiary alicyclic amines) is 1. The van der Waals surface area contributed by atoms with Gasteiger partial charge in [0, 0.05) is 38.8 Å². The zero-order valence-corrected chi connectivity index (χ0v) is 21.0. The molecule has 2 N–H and O–H groups in total. The normalized spacial score (nSPS) is 14.6. The van der Waals surface area contributed by atoms with Crippen molar-refractivity contribution in [3.63, 3.8) is 0 Å². The van der Waals surface area contributed by atoms with Crippen LogP contribution < -0.4 is 10.6 Å². The Bertz CT molecular complexity index is 832. The standard InChI is InChI=1S/C25H34N4O.HI/c1-3-27-25(28-15-12-21-10-7-11-23(19-21)24(30)26-2)29-16-13-22(14-17-29)18-20-8-5-4-6-9-20;/h4-11,19,22H,3,12-18H2,1-2H3,(H,26,30)(H,27,28);1H. The lowest BCUT2D eigenvalue weighted by Crippen LogP contribution is -2.46. The van der Waals surface area contributed by atoms with Crippen molar-refractivity contribution in [3.8, 4) is 0 Å². The van der Waals surface area contributed by atoms with Gasteiger partial charge in [-0.2, -0.15) is 0 Å². The minimum Gasteiger partial charge on any atom is -0.357 e. The van der Waals surface area contributed by atoms with E-state index in [2.05, 4.69) is 58.9 Å². The number of hydrogen-bond donors (Lipinski definition) is 2. The van der Waals surface area contributed by atoms with E-state index < -0.39 is 0 Å². The number of nitrogens with zero attached hydrogens (tertiary/aromatic N) is 2. The number of benzene rings is 2. The summed E-state index contributed by atoms with van der Waals surface area (Å²) in [6.45, 7) is 5.80. The molecule has 31 heavy (non-hydrogen) atoms. The highest BCUT2D eigenvalue weighted by Crippen LogP contribution is 2.21. The summed E-state index contributed by atoms with van der Waals surface area (Å²) in [7, 11) is 1.66. The molecule has 0 unspecified atom stereocenters. The van der Waals surface area contributed by atoms with Gasteiger partial charge in [0.1, 0.15) is 0 Å². The average molecular weight is 534 g/mol. The number of nitrogens with one attached hydrogen (secondary N) is 2. The third-order valence-electron chi connectivity index (χ3n) is 5.69. The topological polar surface area (TPSA) is 56.7 Å². The van der Waals surface area contributed by atoms with Gasteiger partial charge in [0.05, 0.1) is 0 Å². The van der Waals surface area contributed by atoms with E-state index in [0.29, 0.717) is 12.1 Å². The van der Waals surface area contributed by atoms with Crippen LogP contribution in [0.1, 0.15) is 41.3 Å². The molecule has 0 aliphatic carbocycles. The third-order valence-corrected chi connectivity index (χ3v) is 5.69. The Morgan fingerprint density at radius 1 is 1.06 bits per heavy atom. The van der Waals surface area contributed by atoms with E-state index in [9.17, 15) is 4.79 Å². The van der Waals surface area contributed by atoms with Crippen molar-refractivity contribution in [1.82, 2.24) is 15.5 Å². The monoisotopic (exact) mass is 534 g/mol. The fourth-order valence-corrected chi connectivity index (χ4v) is 4.03. The first kappa shape index (κ1) is 25.2.